The lowest BCUT2D eigenvalue weighted by atomic mass is 9.72. The summed E-state index contributed by atoms with van der Waals surface area (Å²) < 4.78 is 16.8. The summed E-state index contributed by atoms with van der Waals surface area (Å²) in [7, 11) is 0. The number of ether oxygens (including phenoxy) is 3. The SMILES string of the molecule is CCOCCOC(=O)C1=C(C)NC2=C(C(=O)C[C@H](c3cccs3)C2)[C@@H]1c1ccccc1OCC. The molecule has 34 heavy (non-hydrogen) atoms. The molecule has 1 aliphatic heterocycles. The number of rotatable bonds is 9. The zero-order chi connectivity index (χ0) is 24.1. The van der Waals surface area contributed by atoms with Crippen LogP contribution in [0, 0.1) is 0 Å². The van der Waals surface area contributed by atoms with Crippen molar-refractivity contribution in [2.45, 2.75) is 45.4 Å². The summed E-state index contributed by atoms with van der Waals surface area (Å²) in [6.07, 6.45) is 1.14. The standard InChI is InChI=1S/C27H31NO5S/c1-4-31-12-13-33-27(30)24-17(3)28-20-15-18(23-11-8-14-34-23)16-21(29)26(20)25(24)19-9-6-7-10-22(19)32-5-2/h6-11,14,18,25,28H,4-5,12-13,15-16H2,1-3H3/t18-,25-/m1/s1. The third-order valence-electron chi connectivity index (χ3n) is 6.19. The molecule has 0 bridgehead atoms. The molecule has 6 nitrogen and oxygen atoms in total. The highest BCUT2D eigenvalue weighted by Gasteiger charge is 2.42. The molecular formula is C27H31NO5S. The maximum atomic E-state index is 13.6. The van der Waals surface area contributed by atoms with Gasteiger partial charge >= 0.3 is 5.97 Å². The average molecular weight is 482 g/mol. The highest BCUT2D eigenvalue weighted by atomic mass is 32.1. The Morgan fingerprint density at radius 3 is 2.65 bits per heavy atom. The number of allylic oxidation sites excluding steroid dienone is 3. The van der Waals surface area contributed by atoms with Crippen molar-refractivity contribution < 1.29 is 23.8 Å². The molecule has 2 heterocycles. The summed E-state index contributed by atoms with van der Waals surface area (Å²) in [6.45, 7) is 7.22. The van der Waals surface area contributed by atoms with Gasteiger partial charge in [0.2, 0.25) is 0 Å². The first-order valence-electron chi connectivity index (χ1n) is 11.8. The van der Waals surface area contributed by atoms with Crippen LogP contribution in [0.4, 0.5) is 0 Å². The van der Waals surface area contributed by atoms with Crippen LogP contribution in [0.2, 0.25) is 0 Å². The Labute approximate surface area is 204 Å². The second kappa shape index (κ2) is 11.0. The first-order valence-corrected chi connectivity index (χ1v) is 12.7. The molecule has 0 spiro atoms. The van der Waals surface area contributed by atoms with E-state index in [9.17, 15) is 9.59 Å². The minimum Gasteiger partial charge on any atom is -0.494 e. The van der Waals surface area contributed by atoms with E-state index < -0.39 is 11.9 Å². The molecule has 4 rings (SSSR count). The van der Waals surface area contributed by atoms with Crippen molar-refractivity contribution in [2.75, 3.05) is 26.4 Å². The Bertz CT molecular complexity index is 1100. The predicted molar refractivity (Wildman–Crippen MR) is 132 cm³/mol. The molecule has 0 saturated carbocycles. The summed E-state index contributed by atoms with van der Waals surface area (Å²) in [4.78, 5) is 28.1. The number of ketones is 1. The number of hydrogen-bond donors (Lipinski definition) is 1. The van der Waals surface area contributed by atoms with E-state index >= 15 is 0 Å². The van der Waals surface area contributed by atoms with Gasteiger partial charge in [-0.2, -0.15) is 0 Å². The minimum absolute atomic E-state index is 0.0515. The van der Waals surface area contributed by atoms with Crippen molar-refractivity contribution in [1.29, 1.82) is 0 Å². The molecule has 2 aliphatic rings. The number of Topliss-reactive ketones (excluding diaryl/α,β-unsaturated/α-hetero) is 1. The van der Waals surface area contributed by atoms with Crippen LogP contribution >= 0.6 is 11.3 Å². The number of dihydropyridines is 1. The van der Waals surface area contributed by atoms with Crippen molar-refractivity contribution in [3.8, 4) is 5.75 Å². The van der Waals surface area contributed by atoms with Crippen LogP contribution < -0.4 is 10.1 Å². The third kappa shape index (κ3) is 4.95. The van der Waals surface area contributed by atoms with E-state index in [1.54, 1.807) is 11.3 Å². The van der Waals surface area contributed by atoms with E-state index in [1.165, 1.54) is 4.88 Å². The van der Waals surface area contributed by atoms with Gasteiger partial charge in [0.15, 0.2) is 5.78 Å². The molecule has 180 valence electrons. The summed E-state index contributed by atoms with van der Waals surface area (Å²) in [5.41, 5.74) is 3.48. The lowest BCUT2D eigenvalue weighted by Crippen LogP contribution is -2.36. The summed E-state index contributed by atoms with van der Waals surface area (Å²) >= 11 is 1.68. The van der Waals surface area contributed by atoms with Crippen molar-refractivity contribution in [2.24, 2.45) is 0 Å². The zero-order valence-corrected chi connectivity index (χ0v) is 20.7. The maximum absolute atomic E-state index is 13.6. The van der Waals surface area contributed by atoms with E-state index in [4.69, 9.17) is 14.2 Å². The fourth-order valence-corrected chi connectivity index (χ4v) is 5.60. The molecule has 0 saturated heterocycles. The van der Waals surface area contributed by atoms with Gasteiger partial charge in [-0.05, 0) is 44.7 Å². The quantitative estimate of drug-likeness (QED) is 0.397. The molecule has 1 aromatic carbocycles. The Hall–Kier alpha value is -2.90. The largest absolute Gasteiger partial charge is 0.494 e. The van der Waals surface area contributed by atoms with Gasteiger partial charge in [-0.3, -0.25) is 4.79 Å². The molecule has 1 N–H and O–H groups in total. The predicted octanol–water partition coefficient (Wildman–Crippen LogP) is 5.09. The fourth-order valence-electron chi connectivity index (χ4n) is 4.77. The van der Waals surface area contributed by atoms with E-state index in [0.29, 0.717) is 48.8 Å². The van der Waals surface area contributed by atoms with Crippen LogP contribution in [-0.4, -0.2) is 38.2 Å². The Balaban J connectivity index is 1.75. The number of esters is 1. The molecule has 0 fully saturated rings. The molecular weight excluding hydrogens is 450 g/mol. The van der Waals surface area contributed by atoms with Crippen molar-refractivity contribution in [3.63, 3.8) is 0 Å². The number of benzene rings is 1. The molecule has 0 unspecified atom stereocenters. The molecule has 1 aliphatic carbocycles. The summed E-state index contributed by atoms with van der Waals surface area (Å²) in [5.74, 6) is -0.134. The van der Waals surface area contributed by atoms with Crippen LogP contribution in [0.3, 0.4) is 0 Å². The van der Waals surface area contributed by atoms with E-state index in [1.807, 2.05) is 56.5 Å². The monoisotopic (exact) mass is 481 g/mol. The van der Waals surface area contributed by atoms with E-state index in [0.717, 1.165) is 17.7 Å². The average Bonchev–Trinajstić information content (AvgIpc) is 3.36. The van der Waals surface area contributed by atoms with Crippen molar-refractivity contribution >= 4 is 23.1 Å². The maximum Gasteiger partial charge on any atom is 0.336 e. The second-order valence-corrected chi connectivity index (χ2v) is 9.32. The topological polar surface area (TPSA) is 73.9 Å². The lowest BCUT2D eigenvalue weighted by Gasteiger charge is -2.36. The Kier molecular flexibility index (Phi) is 7.85. The Morgan fingerprint density at radius 2 is 1.91 bits per heavy atom. The molecule has 7 heteroatoms. The van der Waals surface area contributed by atoms with Crippen LogP contribution in [0.5, 0.6) is 5.75 Å². The van der Waals surface area contributed by atoms with Gasteiger partial charge < -0.3 is 19.5 Å². The van der Waals surface area contributed by atoms with Crippen LogP contribution in [0.15, 0.2) is 64.3 Å². The van der Waals surface area contributed by atoms with Gasteiger partial charge in [0.05, 0.1) is 24.7 Å². The minimum atomic E-state index is -0.546. The van der Waals surface area contributed by atoms with Gasteiger partial charge in [-0.25, -0.2) is 4.79 Å². The van der Waals surface area contributed by atoms with E-state index in [-0.39, 0.29) is 18.3 Å². The molecule has 2 atom stereocenters. The third-order valence-corrected chi connectivity index (χ3v) is 7.22. The van der Waals surface area contributed by atoms with Gasteiger partial charge in [-0.1, -0.05) is 24.3 Å². The number of carbonyl (C=O) groups excluding carboxylic acids is 2. The van der Waals surface area contributed by atoms with E-state index in [2.05, 4.69) is 11.4 Å². The normalized spacial score (nSPS) is 20.1. The zero-order valence-electron chi connectivity index (χ0n) is 19.9. The second-order valence-electron chi connectivity index (χ2n) is 8.34. The van der Waals surface area contributed by atoms with Crippen LogP contribution in [0.25, 0.3) is 0 Å². The van der Waals surface area contributed by atoms with Gasteiger partial charge in [0.25, 0.3) is 0 Å². The van der Waals surface area contributed by atoms with Crippen LogP contribution in [0.1, 0.15) is 55.9 Å². The number of para-hydroxylation sites is 1. The molecule has 2 aromatic rings. The van der Waals surface area contributed by atoms with Gasteiger partial charge in [0, 0.05) is 46.4 Å². The van der Waals surface area contributed by atoms with Gasteiger partial charge in [0.1, 0.15) is 12.4 Å². The Morgan fingerprint density at radius 1 is 1.09 bits per heavy atom. The smallest absolute Gasteiger partial charge is 0.336 e. The van der Waals surface area contributed by atoms with Crippen molar-refractivity contribution in [3.05, 3.63) is 74.8 Å². The van der Waals surface area contributed by atoms with Crippen LogP contribution in [-0.2, 0) is 19.1 Å². The summed E-state index contributed by atoms with van der Waals surface area (Å²) in [5, 5.41) is 5.44. The first-order chi connectivity index (χ1) is 16.5. The number of carbonyl (C=O) groups is 2. The highest BCUT2D eigenvalue weighted by Crippen LogP contribution is 2.48. The fraction of sp³-hybridized carbons (Fsp3) is 0.407. The number of thiophene rings is 1. The first kappa shape index (κ1) is 24.2. The number of hydrogen-bond acceptors (Lipinski definition) is 7. The number of nitrogens with one attached hydrogen (secondary N) is 1. The van der Waals surface area contributed by atoms with Gasteiger partial charge in [-0.15, -0.1) is 11.3 Å². The molecule has 1 aromatic heterocycles. The molecule has 0 amide bonds. The van der Waals surface area contributed by atoms with Crippen molar-refractivity contribution in [1.82, 2.24) is 5.32 Å². The summed E-state index contributed by atoms with van der Waals surface area (Å²) in [6, 6.07) is 11.7. The molecule has 0 radical (unpaired) electrons. The highest BCUT2D eigenvalue weighted by molar-refractivity contribution is 7.10. The lowest BCUT2D eigenvalue weighted by molar-refractivity contribution is -0.140.